The Morgan fingerprint density at radius 3 is 2.85 bits per heavy atom. The molecule has 3 aromatic rings. The summed E-state index contributed by atoms with van der Waals surface area (Å²) in [6, 6.07) is 11.8. The molecule has 132 valence electrons. The monoisotopic (exact) mass is 366 g/mol. The summed E-state index contributed by atoms with van der Waals surface area (Å²) in [6.07, 6.45) is 2.68. The van der Waals surface area contributed by atoms with Crippen LogP contribution in [0.2, 0.25) is 5.02 Å². The SMILES string of the molecule is Cc1nc2c(c(=O)[nH]1)CN(Cc1ccc(-c3ccccc3Cl)nc1)CC2. The molecule has 3 heterocycles. The molecule has 0 aliphatic carbocycles. The predicted octanol–water partition coefficient (Wildman–Crippen LogP) is 3.35. The zero-order valence-corrected chi connectivity index (χ0v) is 15.3. The molecule has 0 saturated carbocycles. The van der Waals surface area contributed by atoms with Gasteiger partial charge < -0.3 is 4.98 Å². The molecule has 0 atom stereocenters. The maximum absolute atomic E-state index is 12.2. The standard InChI is InChI=1S/C20H19ClN4O/c1-13-23-19-8-9-25(12-16(19)20(26)24-13)11-14-6-7-18(22-10-14)15-4-2-3-5-17(15)21/h2-7,10H,8-9,11-12H2,1H3,(H,23,24,26). The van der Waals surface area contributed by atoms with E-state index in [1.807, 2.05) is 43.5 Å². The van der Waals surface area contributed by atoms with Crippen LogP contribution >= 0.6 is 11.6 Å². The molecule has 0 amide bonds. The van der Waals surface area contributed by atoms with Crippen LogP contribution in [0.5, 0.6) is 0 Å². The number of nitrogens with one attached hydrogen (secondary N) is 1. The van der Waals surface area contributed by atoms with Crippen molar-refractivity contribution in [1.82, 2.24) is 19.9 Å². The fourth-order valence-corrected chi connectivity index (χ4v) is 3.58. The Balaban J connectivity index is 1.50. The van der Waals surface area contributed by atoms with Gasteiger partial charge in [-0.25, -0.2) is 4.98 Å². The minimum atomic E-state index is -0.0237. The van der Waals surface area contributed by atoms with Crippen molar-refractivity contribution in [3.05, 3.63) is 80.6 Å². The molecule has 0 unspecified atom stereocenters. The van der Waals surface area contributed by atoms with E-state index in [1.165, 1.54) is 0 Å². The van der Waals surface area contributed by atoms with Gasteiger partial charge in [0.25, 0.3) is 5.56 Å². The van der Waals surface area contributed by atoms with Crippen molar-refractivity contribution >= 4 is 11.6 Å². The van der Waals surface area contributed by atoms with Crippen LogP contribution < -0.4 is 5.56 Å². The van der Waals surface area contributed by atoms with Gasteiger partial charge in [0.1, 0.15) is 5.82 Å². The van der Waals surface area contributed by atoms with E-state index >= 15 is 0 Å². The van der Waals surface area contributed by atoms with Crippen LogP contribution in [0, 0.1) is 6.92 Å². The molecule has 4 rings (SSSR count). The maximum atomic E-state index is 12.2. The molecule has 1 N–H and O–H groups in total. The van der Waals surface area contributed by atoms with Gasteiger partial charge in [-0.2, -0.15) is 0 Å². The first kappa shape index (κ1) is 16.9. The van der Waals surface area contributed by atoms with Crippen molar-refractivity contribution in [2.75, 3.05) is 6.54 Å². The maximum Gasteiger partial charge on any atom is 0.255 e. The van der Waals surface area contributed by atoms with Gasteiger partial charge in [-0.15, -0.1) is 0 Å². The predicted molar refractivity (Wildman–Crippen MR) is 102 cm³/mol. The van der Waals surface area contributed by atoms with Crippen LogP contribution in [0.25, 0.3) is 11.3 Å². The summed E-state index contributed by atoms with van der Waals surface area (Å²) in [5.41, 5.74) is 4.59. The average molecular weight is 367 g/mol. The lowest BCUT2D eigenvalue weighted by atomic mass is 10.1. The fraction of sp³-hybridized carbons (Fsp3) is 0.250. The Bertz CT molecular complexity index is 997. The summed E-state index contributed by atoms with van der Waals surface area (Å²) in [4.78, 5) is 26.2. The van der Waals surface area contributed by atoms with E-state index in [0.29, 0.717) is 17.4 Å². The van der Waals surface area contributed by atoms with Gasteiger partial charge in [-0.3, -0.25) is 14.7 Å². The third-order valence-corrected chi connectivity index (χ3v) is 4.98. The highest BCUT2D eigenvalue weighted by Gasteiger charge is 2.20. The van der Waals surface area contributed by atoms with Crippen molar-refractivity contribution in [3.8, 4) is 11.3 Å². The van der Waals surface area contributed by atoms with Crippen LogP contribution in [-0.2, 0) is 19.5 Å². The normalized spacial score (nSPS) is 14.2. The van der Waals surface area contributed by atoms with E-state index in [0.717, 1.165) is 47.6 Å². The first-order valence-corrected chi connectivity index (χ1v) is 8.99. The third kappa shape index (κ3) is 3.41. The first-order valence-electron chi connectivity index (χ1n) is 8.61. The number of aromatic amines is 1. The number of halogens is 1. The van der Waals surface area contributed by atoms with Gasteiger partial charge in [0, 0.05) is 42.8 Å². The second-order valence-corrected chi connectivity index (χ2v) is 6.98. The van der Waals surface area contributed by atoms with Crippen LogP contribution in [-0.4, -0.2) is 26.4 Å². The van der Waals surface area contributed by atoms with Crippen molar-refractivity contribution in [2.24, 2.45) is 0 Å². The number of hydrogen-bond acceptors (Lipinski definition) is 4. The molecule has 0 radical (unpaired) electrons. The van der Waals surface area contributed by atoms with Gasteiger partial charge >= 0.3 is 0 Å². The van der Waals surface area contributed by atoms with Gasteiger partial charge in [0.05, 0.1) is 17.0 Å². The molecule has 1 aromatic carbocycles. The lowest BCUT2D eigenvalue weighted by molar-refractivity contribution is 0.241. The van der Waals surface area contributed by atoms with E-state index < -0.39 is 0 Å². The van der Waals surface area contributed by atoms with Crippen LogP contribution in [0.1, 0.15) is 22.6 Å². The van der Waals surface area contributed by atoms with Gasteiger partial charge in [0.15, 0.2) is 0 Å². The van der Waals surface area contributed by atoms with Crippen molar-refractivity contribution in [2.45, 2.75) is 26.4 Å². The van der Waals surface area contributed by atoms with E-state index in [2.05, 4.69) is 25.9 Å². The van der Waals surface area contributed by atoms with Crippen LogP contribution in [0.15, 0.2) is 47.4 Å². The number of hydrogen-bond donors (Lipinski definition) is 1. The number of aryl methyl sites for hydroxylation is 1. The molecule has 1 aliphatic rings. The molecule has 2 aromatic heterocycles. The fourth-order valence-electron chi connectivity index (χ4n) is 3.34. The molecule has 5 nitrogen and oxygen atoms in total. The molecule has 0 fully saturated rings. The first-order chi connectivity index (χ1) is 12.6. The Morgan fingerprint density at radius 1 is 1.23 bits per heavy atom. The zero-order valence-electron chi connectivity index (χ0n) is 14.5. The number of pyridine rings is 1. The molecule has 6 heteroatoms. The summed E-state index contributed by atoms with van der Waals surface area (Å²) in [6.45, 7) is 4.07. The Hall–Kier alpha value is -2.50. The quantitative estimate of drug-likeness (QED) is 0.772. The molecule has 0 spiro atoms. The third-order valence-electron chi connectivity index (χ3n) is 4.65. The summed E-state index contributed by atoms with van der Waals surface area (Å²) < 4.78 is 0. The summed E-state index contributed by atoms with van der Waals surface area (Å²) in [5.74, 6) is 0.682. The average Bonchev–Trinajstić information content (AvgIpc) is 2.63. The topological polar surface area (TPSA) is 61.9 Å². The number of H-pyrrole nitrogens is 1. The number of benzene rings is 1. The van der Waals surface area contributed by atoms with E-state index in [9.17, 15) is 4.79 Å². The largest absolute Gasteiger partial charge is 0.310 e. The minimum Gasteiger partial charge on any atom is -0.310 e. The molecule has 1 aliphatic heterocycles. The van der Waals surface area contributed by atoms with Gasteiger partial charge in [-0.05, 0) is 24.6 Å². The Morgan fingerprint density at radius 2 is 2.08 bits per heavy atom. The minimum absolute atomic E-state index is 0.0237. The van der Waals surface area contributed by atoms with E-state index in [-0.39, 0.29) is 5.56 Å². The van der Waals surface area contributed by atoms with E-state index in [1.54, 1.807) is 0 Å². The number of nitrogens with zero attached hydrogens (tertiary/aromatic N) is 3. The highest BCUT2D eigenvalue weighted by atomic mass is 35.5. The second-order valence-electron chi connectivity index (χ2n) is 6.57. The van der Waals surface area contributed by atoms with E-state index in [4.69, 9.17) is 11.6 Å². The van der Waals surface area contributed by atoms with Crippen molar-refractivity contribution in [1.29, 1.82) is 0 Å². The van der Waals surface area contributed by atoms with Crippen molar-refractivity contribution in [3.63, 3.8) is 0 Å². The molecule has 26 heavy (non-hydrogen) atoms. The lowest BCUT2D eigenvalue weighted by Gasteiger charge is -2.27. The Kier molecular flexibility index (Phi) is 4.57. The van der Waals surface area contributed by atoms with Crippen LogP contribution in [0.4, 0.5) is 0 Å². The molecule has 0 bridgehead atoms. The zero-order chi connectivity index (χ0) is 18.1. The second kappa shape index (κ2) is 7.02. The van der Waals surface area contributed by atoms with Crippen molar-refractivity contribution < 1.29 is 0 Å². The summed E-state index contributed by atoms with van der Waals surface area (Å²) in [7, 11) is 0. The highest BCUT2D eigenvalue weighted by molar-refractivity contribution is 6.33. The summed E-state index contributed by atoms with van der Waals surface area (Å²) in [5, 5.41) is 0.697. The van der Waals surface area contributed by atoms with Crippen LogP contribution in [0.3, 0.4) is 0 Å². The number of aromatic nitrogens is 3. The van der Waals surface area contributed by atoms with Gasteiger partial charge in [0.2, 0.25) is 0 Å². The summed E-state index contributed by atoms with van der Waals surface area (Å²) >= 11 is 6.24. The smallest absolute Gasteiger partial charge is 0.255 e. The molecule has 0 saturated heterocycles. The Labute approximate surface area is 156 Å². The van der Waals surface area contributed by atoms with Gasteiger partial charge in [-0.1, -0.05) is 35.9 Å². The highest BCUT2D eigenvalue weighted by Crippen LogP contribution is 2.26. The lowest BCUT2D eigenvalue weighted by Crippen LogP contribution is -2.35. The number of fused-ring (bicyclic) bond motifs is 1. The number of rotatable bonds is 3. The molecular weight excluding hydrogens is 348 g/mol. The molecular formula is C20H19ClN4O.